The number of rotatable bonds is 6. The Morgan fingerprint density at radius 3 is 2.53 bits per heavy atom. The van der Waals surface area contributed by atoms with Crippen molar-refractivity contribution in [3.8, 4) is 23.5 Å². The molecule has 11 heteroatoms. The molecular weight excluding hydrogens is 414 g/mol. The zero-order valence-electron chi connectivity index (χ0n) is 18.3. The highest BCUT2D eigenvalue weighted by Crippen LogP contribution is 2.31. The minimum absolute atomic E-state index is 0.0148. The number of carbonyl (C=O) groups excluding carboxylic acids is 1. The molecule has 166 valence electrons. The number of aromatic nitrogens is 4. The fourth-order valence-electron chi connectivity index (χ4n) is 2.71. The first-order valence-corrected chi connectivity index (χ1v) is 9.50. The highest BCUT2D eigenvalue weighted by atomic mass is 16.6. The van der Waals surface area contributed by atoms with E-state index in [2.05, 4.69) is 20.4 Å². The van der Waals surface area contributed by atoms with Crippen LogP contribution in [0.5, 0.6) is 11.5 Å². The molecule has 2 heterocycles. The van der Waals surface area contributed by atoms with Crippen LogP contribution in [0, 0.1) is 11.3 Å². The SMILES string of the molecule is COc1ccc(Nc2nc(-n3ncc(C(=O)OC(C)(C)C)c3N)ncc2C#N)cc1OC. The van der Waals surface area contributed by atoms with Crippen molar-refractivity contribution in [2.24, 2.45) is 0 Å². The van der Waals surface area contributed by atoms with Gasteiger partial charge in [-0.2, -0.15) is 20.0 Å². The fraction of sp³-hybridized carbons (Fsp3) is 0.286. The summed E-state index contributed by atoms with van der Waals surface area (Å²) in [4.78, 5) is 20.9. The number of nitrogens with zero attached hydrogens (tertiary/aromatic N) is 5. The van der Waals surface area contributed by atoms with Crippen LogP contribution in [0.1, 0.15) is 36.7 Å². The summed E-state index contributed by atoms with van der Waals surface area (Å²) in [7, 11) is 3.06. The first kappa shape index (κ1) is 22.4. The van der Waals surface area contributed by atoms with Crippen LogP contribution in [0.15, 0.2) is 30.6 Å². The Morgan fingerprint density at radius 2 is 1.91 bits per heavy atom. The molecule has 0 aliphatic rings. The molecule has 0 radical (unpaired) electrons. The van der Waals surface area contributed by atoms with E-state index in [9.17, 15) is 10.1 Å². The average Bonchev–Trinajstić information content (AvgIpc) is 3.13. The molecule has 0 spiro atoms. The minimum atomic E-state index is -0.687. The number of hydrogen-bond donors (Lipinski definition) is 2. The minimum Gasteiger partial charge on any atom is -0.493 e. The molecule has 11 nitrogen and oxygen atoms in total. The number of nitrogens with one attached hydrogen (secondary N) is 1. The van der Waals surface area contributed by atoms with E-state index < -0.39 is 11.6 Å². The standard InChI is InChI=1S/C21H23N7O4/c1-21(2,3)32-19(29)14-11-25-28(17(14)23)20-24-10-12(9-22)18(27-20)26-13-6-7-15(30-4)16(8-13)31-5/h6-8,10-11H,23H2,1-5H3,(H,24,26,27). The Hall–Kier alpha value is -4.33. The number of anilines is 3. The van der Waals surface area contributed by atoms with Crippen LogP contribution in [-0.4, -0.2) is 45.5 Å². The predicted octanol–water partition coefficient (Wildman–Crippen LogP) is 2.83. The summed E-state index contributed by atoms with van der Waals surface area (Å²) in [5.41, 5.74) is 6.30. The molecule has 0 bridgehead atoms. The summed E-state index contributed by atoms with van der Waals surface area (Å²) in [6.45, 7) is 5.25. The predicted molar refractivity (Wildman–Crippen MR) is 116 cm³/mol. The molecule has 0 fully saturated rings. The fourth-order valence-corrected chi connectivity index (χ4v) is 2.71. The van der Waals surface area contributed by atoms with Crippen LogP contribution in [-0.2, 0) is 4.74 Å². The van der Waals surface area contributed by atoms with Crippen molar-refractivity contribution in [1.29, 1.82) is 5.26 Å². The third-order valence-corrected chi connectivity index (χ3v) is 4.16. The lowest BCUT2D eigenvalue weighted by molar-refractivity contribution is 0.00708. The van der Waals surface area contributed by atoms with E-state index in [-0.39, 0.29) is 28.7 Å². The molecule has 3 rings (SSSR count). The Morgan fingerprint density at radius 1 is 1.19 bits per heavy atom. The molecule has 0 saturated heterocycles. The van der Waals surface area contributed by atoms with Gasteiger partial charge in [0.2, 0.25) is 0 Å². The van der Waals surface area contributed by atoms with Gasteiger partial charge >= 0.3 is 5.97 Å². The van der Waals surface area contributed by atoms with Gasteiger partial charge in [0.25, 0.3) is 5.95 Å². The van der Waals surface area contributed by atoms with Gasteiger partial charge in [0.05, 0.1) is 26.6 Å². The van der Waals surface area contributed by atoms with Gasteiger partial charge in [-0.15, -0.1) is 0 Å². The maximum absolute atomic E-state index is 12.4. The number of nitrogens with two attached hydrogens (primary N) is 1. The van der Waals surface area contributed by atoms with E-state index in [0.717, 1.165) is 0 Å². The summed E-state index contributed by atoms with van der Waals surface area (Å²) >= 11 is 0. The highest BCUT2D eigenvalue weighted by Gasteiger charge is 2.24. The van der Waals surface area contributed by atoms with Crippen LogP contribution >= 0.6 is 0 Å². The van der Waals surface area contributed by atoms with Crippen molar-refractivity contribution < 1.29 is 19.0 Å². The van der Waals surface area contributed by atoms with E-state index >= 15 is 0 Å². The summed E-state index contributed by atoms with van der Waals surface area (Å²) in [6, 6.07) is 7.19. The Labute approximate surface area is 184 Å². The lowest BCUT2D eigenvalue weighted by atomic mass is 10.2. The summed E-state index contributed by atoms with van der Waals surface area (Å²) < 4.78 is 17.1. The molecule has 32 heavy (non-hydrogen) atoms. The van der Waals surface area contributed by atoms with Crippen LogP contribution in [0.3, 0.4) is 0 Å². The quantitative estimate of drug-likeness (QED) is 0.551. The third kappa shape index (κ3) is 4.70. The molecule has 0 amide bonds. The summed E-state index contributed by atoms with van der Waals surface area (Å²) in [5, 5.41) is 16.6. The average molecular weight is 437 g/mol. The number of esters is 1. The van der Waals surface area contributed by atoms with Crippen LogP contribution in [0.4, 0.5) is 17.3 Å². The molecule has 3 aromatic rings. The first-order valence-electron chi connectivity index (χ1n) is 9.50. The van der Waals surface area contributed by atoms with E-state index in [1.165, 1.54) is 31.3 Å². The topological polar surface area (TPSA) is 150 Å². The monoisotopic (exact) mass is 437 g/mol. The number of benzene rings is 1. The van der Waals surface area contributed by atoms with Gasteiger partial charge in [0.1, 0.15) is 28.6 Å². The van der Waals surface area contributed by atoms with Gasteiger partial charge in [-0.1, -0.05) is 0 Å². The molecule has 0 unspecified atom stereocenters. The molecule has 2 aromatic heterocycles. The Balaban J connectivity index is 1.96. The highest BCUT2D eigenvalue weighted by molar-refractivity contribution is 5.94. The van der Waals surface area contributed by atoms with Gasteiger partial charge in [0.15, 0.2) is 17.3 Å². The first-order chi connectivity index (χ1) is 15.2. The number of carbonyl (C=O) groups is 1. The molecule has 3 N–H and O–H groups in total. The van der Waals surface area contributed by atoms with E-state index in [0.29, 0.717) is 17.2 Å². The second-order valence-corrected chi connectivity index (χ2v) is 7.60. The number of methoxy groups -OCH3 is 2. The van der Waals surface area contributed by atoms with Crippen LogP contribution in [0.25, 0.3) is 5.95 Å². The van der Waals surface area contributed by atoms with Crippen molar-refractivity contribution >= 4 is 23.3 Å². The molecule has 0 atom stereocenters. The lowest BCUT2D eigenvalue weighted by Gasteiger charge is -2.19. The maximum atomic E-state index is 12.4. The Bertz CT molecular complexity index is 1190. The van der Waals surface area contributed by atoms with Crippen LogP contribution in [0.2, 0.25) is 0 Å². The van der Waals surface area contributed by atoms with Gasteiger partial charge in [-0.05, 0) is 32.9 Å². The van der Waals surface area contributed by atoms with Crippen molar-refractivity contribution in [2.45, 2.75) is 26.4 Å². The summed E-state index contributed by atoms with van der Waals surface area (Å²) in [5.74, 6) is 0.752. The normalized spacial score (nSPS) is 10.9. The van der Waals surface area contributed by atoms with Gasteiger partial charge < -0.3 is 25.3 Å². The zero-order chi connectivity index (χ0) is 23.5. The largest absolute Gasteiger partial charge is 0.493 e. The maximum Gasteiger partial charge on any atom is 0.344 e. The summed E-state index contributed by atoms with van der Waals surface area (Å²) in [6.07, 6.45) is 2.62. The van der Waals surface area contributed by atoms with Crippen LogP contribution < -0.4 is 20.5 Å². The molecule has 0 aliphatic heterocycles. The number of ether oxygens (including phenoxy) is 3. The lowest BCUT2D eigenvalue weighted by Crippen LogP contribution is -2.24. The van der Waals surface area contributed by atoms with Crippen molar-refractivity contribution in [1.82, 2.24) is 19.7 Å². The van der Waals surface area contributed by atoms with E-state index in [4.69, 9.17) is 19.9 Å². The zero-order valence-corrected chi connectivity index (χ0v) is 18.3. The van der Waals surface area contributed by atoms with Crippen molar-refractivity contribution in [2.75, 3.05) is 25.3 Å². The van der Waals surface area contributed by atoms with Gasteiger partial charge in [-0.25, -0.2) is 9.78 Å². The molecular formula is C21H23N7O4. The second kappa shape index (κ2) is 8.81. The van der Waals surface area contributed by atoms with Crippen molar-refractivity contribution in [3.63, 3.8) is 0 Å². The number of hydrogen-bond acceptors (Lipinski definition) is 10. The molecule has 0 aliphatic carbocycles. The molecule has 0 saturated carbocycles. The second-order valence-electron chi connectivity index (χ2n) is 7.60. The van der Waals surface area contributed by atoms with Gasteiger partial charge in [0, 0.05) is 11.8 Å². The number of nitrogen functional groups attached to an aromatic ring is 1. The third-order valence-electron chi connectivity index (χ3n) is 4.16. The van der Waals surface area contributed by atoms with Gasteiger partial charge in [-0.3, -0.25) is 0 Å². The van der Waals surface area contributed by atoms with E-state index in [1.54, 1.807) is 39.0 Å². The molecule has 1 aromatic carbocycles. The van der Waals surface area contributed by atoms with Crippen molar-refractivity contribution in [3.05, 3.63) is 41.7 Å². The Kier molecular flexibility index (Phi) is 6.15. The smallest absolute Gasteiger partial charge is 0.344 e. The number of nitriles is 1. The van der Waals surface area contributed by atoms with E-state index in [1.807, 2.05) is 6.07 Å².